The number of anilines is 1. The number of Topliss-reactive ketones (excluding diaryl/α,β-unsaturated/α-hetero) is 1. The number of rotatable bonds is 8. The molecule has 7 nitrogen and oxygen atoms in total. The predicted molar refractivity (Wildman–Crippen MR) is 113 cm³/mol. The molecule has 0 unspecified atom stereocenters. The van der Waals surface area contributed by atoms with Crippen LogP contribution in [-0.4, -0.2) is 37.4 Å². The van der Waals surface area contributed by atoms with Gasteiger partial charge >= 0.3 is 12.4 Å². The third-order valence-electron chi connectivity index (χ3n) is 4.53. The third-order valence-corrected chi connectivity index (χ3v) is 5.42. The van der Waals surface area contributed by atoms with E-state index in [-0.39, 0.29) is 12.1 Å². The number of halogens is 6. The van der Waals surface area contributed by atoms with Crippen LogP contribution in [0.5, 0.6) is 0 Å². The first kappa shape index (κ1) is 25.3. The van der Waals surface area contributed by atoms with Crippen molar-refractivity contribution in [2.75, 3.05) is 5.43 Å². The van der Waals surface area contributed by atoms with Crippen molar-refractivity contribution in [1.29, 1.82) is 0 Å². The Kier molecular flexibility index (Phi) is 7.38. The van der Waals surface area contributed by atoms with E-state index >= 15 is 0 Å². The van der Waals surface area contributed by atoms with Gasteiger partial charge in [0.15, 0.2) is 5.69 Å². The monoisotopic (exact) mass is 504 g/mol. The number of nitrogens with one attached hydrogen (secondary N) is 1. The maximum Gasteiger partial charge on any atom is 0.433 e. The Morgan fingerprint density at radius 2 is 1.94 bits per heavy atom. The molecule has 0 aliphatic carbocycles. The summed E-state index contributed by atoms with van der Waals surface area (Å²) in [6.07, 6.45) is -9.70. The van der Waals surface area contributed by atoms with Crippen LogP contribution < -0.4 is 5.43 Å². The Hall–Kier alpha value is -3.29. The van der Waals surface area contributed by atoms with Crippen LogP contribution in [-0.2, 0) is 23.9 Å². The number of aromatic nitrogens is 4. The van der Waals surface area contributed by atoms with Gasteiger partial charge in [0.1, 0.15) is 11.5 Å². The quantitative estimate of drug-likeness (QED) is 0.256. The fraction of sp³-hybridized carbons (Fsp3) is 0.350. The largest absolute Gasteiger partial charge is 0.433 e. The molecule has 0 radical (unpaired) electrons. The highest BCUT2D eigenvalue weighted by atomic mass is 32.1. The summed E-state index contributed by atoms with van der Waals surface area (Å²) in [5.74, 6) is -1.58. The molecule has 0 fully saturated rings. The Morgan fingerprint density at radius 1 is 1.21 bits per heavy atom. The summed E-state index contributed by atoms with van der Waals surface area (Å²) >= 11 is 1.09. The highest BCUT2D eigenvalue weighted by Gasteiger charge is 2.38. The molecule has 34 heavy (non-hydrogen) atoms. The number of alkyl halides is 6. The number of ketones is 1. The maximum absolute atomic E-state index is 13.5. The number of hydrogen-bond acceptors (Lipinski definition) is 7. The van der Waals surface area contributed by atoms with Crippen molar-refractivity contribution in [3.63, 3.8) is 0 Å². The van der Waals surface area contributed by atoms with E-state index < -0.39 is 41.9 Å². The minimum Gasteiger partial charge on any atom is -0.299 e. The van der Waals surface area contributed by atoms with Crippen LogP contribution in [0.4, 0.5) is 32.3 Å². The average Bonchev–Trinajstić information content (AvgIpc) is 3.39. The molecule has 0 saturated heterocycles. The van der Waals surface area contributed by atoms with Crippen molar-refractivity contribution in [3.05, 3.63) is 46.7 Å². The molecule has 182 valence electrons. The molecule has 0 aliphatic heterocycles. The summed E-state index contributed by atoms with van der Waals surface area (Å²) in [4.78, 5) is 19.7. The van der Waals surface area contributed by atoms with E-state index in [0.29, 0.717) is 28.7 Å². The normalized spacial score (nSPS) is 12.8. The molecule has 1 N–H and O–H groups in total. The predicted octanol–water partition coefficient (Wildman–Crippen LogP) is 5.28. The molecule has 3 aromatic heterocycles. The number of nitrogens with zero attached hydrogens (tertiary/aromatic N) is 5. The first-order valence-corrected chi connectivity index (χ1v) is 10.7. The van der Waals surface area contributed by atoms with Gasteiger partial charge in [-0.15, -0.1) is 11.3 Å². The van der Waals surface area contributed by atoms with Crippen LogP contribution in [0.3, 0.4) is 0 Å². The van der Waals surface area contributed by atoms with Crippen molar-refractivity contribution in [1.82, 2.24) is 19.7 Å². The number of hydrazone groups is 1. The third kappa shape index (κ3) is 6.40. The summed E-state index contributed by atoms with van der Waals surface area (Å²) in [7, 11) is 0. The van der Waals surface area contributed by atoms with E-state index in [1.165, 1.54) is 6.07 Å². The van der Waals surface area contributed by atoms with E-state index in [1.807, 2.05) is 12.3 Å². The average molecular weight is 504 g/mol. The fourth-order valence-electron chi connectivity index (χ4n) is 2.87. The molecule has 0 aliphatic rings. The first-order chi connectivity index (χ1) is 15.9. The second kappa shape index (κ2) is 9.91. The zero-order valence-electron chi connectivity index (χ0n) is 17.8. The van der Waals surface area contributed by atoms with Gasteiger partial charge in [-0.05, 0) is 31.4 Å². The highest BCUT2D eigenvalue weighted by Crippen LogP contribution is 2.32. The first-order valence-electron chi connectivity index (χ1n) is 9.81. The second-order valence-corrected chi connectivity index (χ2v) is 8.04. The lowest BCUT2D eigenvalue weighted by atomic mass is 10.1. The molecule has 0 atom stereocenters. The van der Waals surface area contributed by atoms with E-state index in [4.69, 9.17) is 0 Å². The summed E-state index contributed by atoms with van der Waals surface area (Å²) in [6, 6.07) is 3.77. The number of carbonyl (C=O) groups excluding carboxylic acids is 1. The fourth-order valence-corrected chi connectivity index (χ4v) is 3.56. The van der Waals surface area contributed by atoms with Gasteiger partial charge in [0.25, 0.3) is 0 Å². The lowest BCUT2D eigenvalue weighted by Crippen LogP contribution is -2.27. The van der Waals surface area contributed by atoms with Crippen LogP contribution >= 0.6 is 11.3 Å². The Bertz CT molecular complexity index is 1180. The van der Waals surface area contributed by atoms with E-state index in [2.05, 4.69) is 20.2 Å². The summed E-state index contributed by atoms with van der Waals surface area (Å²) in [5, 5.41) is 8.89. The summed E-state index contributed by atoms with van der Waals surface area (Å²) < 4.78 is 81.7. The number of hydrogen-bond donors (Lipinski definition) is 1. The molecule has 0 amide bonds. The van der Waals surface area contributed by atoms with Crippen molar-refractivity contribution >= 4 is 28.8 Å². The van der Waals surface area contributed by atoms with Crippen LogP contribution in [0.25, 0.3) is 10.6 Å². The van der Waals surface area contributed by atoms with Crippen molar-refractivity contribution < 1.29 is 31.1 Å². The van der Waals surface area contributed by atoms with E-state index in [9.17, 15) is 31.1 Å². The maximum atomic E-state index is 13.5. The molecule has 0 bridgehead atoms. The van der Waals surface area contributed by atoms with Crippen molar-refractivity contribution in [2.45, 2.75) is 45.6 Å². The molecular formula is C20H18F6N6OS. The molecule has 0 spiro atoms. The smallest absolute Gasteiger partial charge is 0.299 e. The summed E-state index contributed by atoms with van der Waals surface area (Å²) in [5.41, 5.74) is -0.175. The number of thiophene rings is 1. The second-order valence-electron chi connectivity index (χ2n) is 7.09. The standard InChI is InChI=1S/C20H18F6N6OS/c1-3-32-10-12(11(2)31-32)7-13(33)8-17(20(24,25)26)29-30-18-27-14(15-5-4-6-34-15)9-16(28-18)19(21,22)23/h4-6,9-10H,3,7-8H2,1-2H3,(H,27,28,30)/b29-17-. The molecule has 3 rings (SSSR count). The van der Waals surface area contributed by atoms with Gasteiger partial charge in [-0.2, -0.15) is 36.5 Å². The molecule has 3 aromatic rings. The number of aryl methyl sites for hydroxylation is 2. The van der Waals surface area contributed by atoms with Crippen LogP contribution in [0.15, 0.2) is 34.9 Å². The lowest BCUT2D eigenvalue weighted by Gasteiger charge is -2.12. The van der Waals surface area contributed by atoms with Gasteiger partial charge in [-0.3, -0.25) is 9.48 Å². The topological polar surface area (TPSA) is 85.1 Å². The van der Waals surface area contributed by atoms with Gasteiger partial charge in [0, 0.05) is 24.7 Å². The molecule has 3 heterocycles. The van der Waals surface area contributed by atoms with Gasteiger partial charge in [-0.25, -0.2) is 15.4 Å². The minimum absolute atomic E-state index is 0.136. The van der Waals surface area contributed by atoms with Crippen LogP contribution in [0, 0.1) is 6.92 Å². The lowest BCUT2D eigenvalue weighted by molar-refractivity contribution is -0.141. The zero-order valence-corrected chi connectivity index (χ0v) is 18.6. The zero-order chi connectivity index (χ0) is 25.1. The van der Waals surface area contributed by atoms with E-state index in [0.717, 1.165) is 11.3 Å². The van der Waals surface area contributed by atoms with Crippen LogP contribution in [0.1, 0.15) is 30.3 Å². The van der Waals surface area contributed by atoms with Crippen molar-refractivity contribution in [3.8, 4) is 10.6 Å². The van der Waals surface area contributed by atoms with Crippen LogP contribution in [0.2, 0.25) is 0 Å². The molecule has 0 saturated carbocycles. The van der Waals surface area contributed by atoms with Gasteiger partial charge in [-0.1, -0.05) is 6.07 Å². The number of carbonyl (C=O) groups is 1. The molecule has 14 heteroatoms. The van der Waals surface area contributed by atoms with Gasteiger partial charge in [0.05, 0.1) is 22.7 Å². The minimum atomic E-state index is -5.01. The Balaban J connectivity index is 1.85. The van der Waals surface area contributed by atoms with Gasteiger partial charge < -0.3 is 0 Å². The molecular weight excluding hydrogens is 486 g/mol. The Labute approximate surface area is 193 Å². The Morgan fingerprint density at radius 3 is 2.50 bits per heavy atom. The van der Waals surface area contributed by atoms with E-state index in [1.54, 1.807) is 29.2 Å². The molecule has 0 aromatic carbocycles. The van der Waals surface area contributed by atoms with Gasteiger partial charge in [0.2, 0.25) is 5.95 Å². The highest BCUT2D eigenvalue weighted by molar-refractivity contribution is 7.13. The SMILES string of the molecule is CCn1cc(CC(=O)C/C(=N/Nc2nc(-c3cccs3)cc(C(F)(F)F)n2)C(F)(F)F)c(C)n1. The van der Waals surface area contributed by atoms with Crippen molar-refractivity contribution in [2.24, 2.45) is 5.10 Å². The summed E-state index contributed by atoms with van der Waals surface area (Å²) in [6.45, 7) is 3.97.